The third kappa shape index (κ3) is 2.27. The molecular weight excluding hydrogens is 300 g/mol. The molecule has 0 unspecified atom stereocenters. The molecule has 1 heterocycles. The van der Waals surface area contributed by atoms with Crippen molar-refractivity contribution in [1.29, 1.82) is 0 Å². The highest BCUT2D eigenvalue weighted by Crippen LogP contribution is 2.31. The first-order chi connectivity index (χ1) is 5.77. The van der Waals surface area contributed by atoms with E-state index in [0.29, 0.717) is 0 Å². The molecule has 1 aromatic carbocycles. The van der Waals surface area contributed by atoms with E-state index >= 15 is 0 Å². The monoisotopic (exact) mass is 311 g/mol. The van der Waals surface area contributed by atoms with Crippen molar-refractivity contribution in [3.05, 3.63) is 27.3 Å². The Hall–Kier alpha value is -0.000000000000000111. The smallest absolute Gasteiger partial charge is 0.124 e. The van der Waals surface area contributed by atoms with Gasteiger partial charge in [-0.15, -0.1) is 12.4 Å². The van der Waals surface area contributed by atoms with Crippen molar-refractivity contribution in [3.8, 4) is 5.75 Å². The third-order valence-corrected chi connectivity index (χ3v) is 2.73. The van der Waals surface area contributed by atoms with Crippen molar-refractivity contribution in [2.24, 2.45) is 5.73 Å². The molecule has 1 atom stereocenters. The first-order valence-corrected chi connectivity index (χ1v) is 5.03. The molecule has 2 N–H and O–H groups in total. The zero-order valence-corrected chi connectivity index (χ0v) is 9.97. The number of benzene rings is 1. The van der Waals surface area contributed by atoms with Crippen LogP contribution in [0.3, 0.4) is 0 Å². The van der Waals surface area contributed by atoms with E-state index in [4.69, 9.17) is 10.5 Å². The van der Waals surface area contributed by atoms with Crippen LogP contribution in [0.25, 0.3) is 0 Å². The zero-order chi connectivity index (χ0) is 8.55. The van der Waals surface area contributed by atoms with Crippen molar-refractivity contribution in [2.45, 2.75) is 12.5 Å². The van der Waals surface area contributed by atoms with Crippen molar-refractivity contribution in [3.63, 3.8) is 0 Å². The van der Waals surface area contributed by atoms with Gasteiger partial charge in [-0.05, 0) is 40.8 Å². The molecule has 1 aliphatic rings. The Labute approximate surface area is 97.4 Å². The Bertz CT molecular complexity index is 306. The number of fused-ring (bicyclic) bond motifs is 1. The van der Waals surface area contributed by atoms with E-state index in [-0.39, 0.29) is 18.4 Å². The lowest BCUT2D eigenvalue weighted by Crippen LogP contribution is -2.20. The molecule has 0 radical (unpaired) electrons. The largest absolute Gasteiger partial charge is 0.493 e. The molecule has 0 saturated heterocycles. The SMILES string of the molecule is Cl.N[C@@H]1CCOc2ccc(I)cc21. The van der Waals surface area contributed by atoms with Gasteiger partial charge in [0.25, 0.3) is 0 Å². The first-order valence-electron chi connectivity index (χ1n) is 3.95. The maximum absolute atomic E-state index is 5.93. The van der Waals surface area contributed by atoms with Gasteiger partial charge in [0.1, 0.15) is 5.75 Å². The predicted octanol–water partition coefficient (Wildman–Crippen LogP) is 2.50. The van der Waals surface area contributed by atoms with E-state index in [2.05, 4.69) is 28.7 Å². The van der Waals surface area contributed by atoms with Gasteiger partial charge in [-0.3, -0.25) is 0 Å². The Kier molecular flexibility index (Phi) is 3.82. The van der Waals surface area contributed by atoms with Gasteiger partial charge in [-0.1, -0.05) is 0 Å². The van der Waals surface area contributed by atoms with Crippen LogP contribution in [0.2, 0.25) is 0 Å². The number of rotatable bonds is 0. The van der Waals surface area contributed by atoms with Crippen LogP contribution < -0.4 is 10.5 Å². The summed E-state index contributed by atoms with van der Waals surface area (Å²) in [5.41, 5.74) is 7.08. The van der Waals surface area contributed by atoms with Gasteiger partial charge in [0.2, 0.25) is 0 Å². The van der Waals surface area contributed by atoms with Crippen LogP contribution in [-0.4, -0.2) is 6.61 Å². The Morgan fingerprint density at radius 2 is 2.23 bits per heavy atom. The molecule has 72 valence electrons. The maximum atomic E-state index is 5.93. The highest BCUT2D eigenvalue weighted by molar-refractivity contribution is 14.1. The molecule has 13 heavy (non-hydrogen) atoms. The first kappa shape index (κ1) is 11.1. The van der Waals surface area contributed by atoms with E-state index < -0.39 is 0 Å². The second kappa shape index (κ2) is 4.48. The fourth-order valence-electron chi connectivity index (χ4n) is 1.39. The van der Waals surface area contributed by atoms with E-state index in [1.54, 1.807) is 0 Å². The Balaban J connectivity index is 0.000000845. The lowest BCUT2D eigenvalue weighted by molar-refractivity contribution is 0.269. The van der Waals surface area contributed by atoms with Crippen molar-refractivity contribution in [2.75, 3.05) is 6.61 Å². The molecule has 1 aliphatic heterocycles. The minimum absolute atomic E-state index is 0. The number of hydrogen-bond acceptors (Lipinski definition) is 2. The van der Waals surface area contributed by atoms with Crippen molar-refractivity contribution >= 4 is 35.0 Å². The molecule has 0 bridgehead atoms. The van der Waals surface area contributed by atoms with E-state index in [0.717, 1.165) is 24.3 Å². The summed E-state index contributed by atoms with van der Waals surface area (Å²) in [6.45, 7) is 0.745. The molecule has 0 aliphatic carbocycles. The minimum atomic E-state index is 0. The van der Waals surface area contributed by atoms with Crippen LogP contribution >= 0.6 is 35.0 Å². The van der Waals surface area contributed by atoms with Gasteiger partial charge in [0.05, 0.1) is 6.61 Å². The normalized spacial score (nSPS) is 19.7. The molecule has 2 rings (SSSR count). The van der Waals surface area contributed by atoms with Crippen LogP contribution in [0.5, 0.6) is 5.75 Å². The van der Waals surface area contributed by atoms with Gasteiger partial charge in [-0.2, -0.15) is 0 Å². The molecule has 2 nitrogen and oxygen atoms in total. The van der Waals surface area contributed by atoms with Gasteiger partial charge < -0.3 is 10.5 Å². The van der Waals surface area contributed by atoms with Gasteiger partial charge in [0, 0.05) is 21.6 Å². The molecule has 0 aromatic heterocycles. The van der Waals surface area contributed by atoms with Crippen LogP contribution in [0.15, 0.2) is 18.2 Å². The number of nitrogens with two attached hydrogens (primary N) is 1. The Morgan fingerprint density at radius 3 is 3.00 bits per heavy atom. The molecule has 0 spiro atoms. The average Bonchev–Trinajstić information content (AvgIpc) is 2.07. The highest BCUT2D eigenvalue weighted by atomic mass is 127. The fourth-order valence-corrected chi connectivity index (χ4v) is 1.91. The number of hydrogen-bond donors (Lipinski definition) is 1. The van der Waals surface area contributed by atoms with Gasteiger partial charge in [-0.25, -0.2) is 0 Å². The summed E-state index contributed by atoms with van der Waals surface area (Å²) in [6.07, 6.45) is 0.924. The number of ether oxygens (including phenoxy) is 1. The predicted molar refractivity (Wildman–Crippen MR) is 63.4 cm³/mol. The highest BCUT2D eigenvalue weighted by Gasteiger charge is 2.17. The summed E-state index contributed by atoms with van der Waals surface area (Å²) >= 11 is 2.28. The van der Waals surface area contributed by atoms with Crippen LogP contribution in [0.1, 0.15) is 18.0 Å². The average molecular weight is 312 g/mol. The van der Waals surface area contributed by atoms with Gasteiger partial charge >= 0.3 is 0 Å². The second-order valence-corrected chi connectivity index (χ2v) is 4.17. The number of halogens is 2. The quantitative estimate of drug-likeness (QED) is 0.747. The maximum Gasteiger partial charge on any atom is 0.124 e. The standard InChI is InChI=1S/C9H10INO.ClH/c10-6-1-2-9-7(5-6)8(11)3-4-12-9;/h1-2,5,8H,3-4,11H2;1H/t8-;/m1./s1. The van der Waals surface area contributed by atoms with Crippen LogP contribution in [0, 0.1) is 3.57 Å². The molecule has 0 saturated carbocycles. The van der Waals surface area contributed by atoms with E-state index in [1.165, 1.54) is 3.57 Å². The summed E-state index contributed by atoms with van der Waals surface area (Å²) < 4.78 is 6.68. The third-order valence-electron chi connectivity index (χ3n) is 2.06. The Morgan fingerprint density at radius 1 is 1.46 bits per heavy atom. The topological polar surface area (TPSA) is 35.2 Å². The summed E-state index contributed by atoms with van der Waals surface area (Å²) in [4.78, 5) is 0. The summed E-state index contributed by atoms with van der Waals surface area (Å²) in [7, 11) is 0. The molecule has 0 fully saturated rings. The van der Waals surface area contributed by atoms with E-state index in [9.17, 15) is 0 Å². The summed E-state index contributed by atoms with van der Waals surface area (Å²) in [5, 5.41) is 0. The molecule has 0 amide bonds. The zero-order valence-electron chi connectivity index (χ0n) is 7.00. The molecular formula is C9H11ClINO. The molecule has 4 heteroatoms. The second-order valence-electron chi connectivity index (χ2n) is 2.93. The summed E-state index contributed by atoms with van der Waals surface area (Å²) in [5.74, 6) is 0.953. The fraction of sp³-hybridized carbons (Fsp3) is 0.333. The molecule has 1 aromatic rings. The minimum Gasteiger partial charge on any atom is -0.493 e. The lowest BCUT2D eigenvalue weighted by Gasteiger charge is -2.22. The van der Waals surface area contributed by atoms with Crippen molar-refractivity contribution in [1.82, 2.24) is 0 Å². The van der Waals surface area contributed by atoms with E-state index in [1.807, 2.05) is 12.1 Å². The lowest BCUT2D eigenvalue weighted by atomic mass is 10.0. The van der Waals surface area contributed by atoms with Gasteiger partial charge in [0.15, 0.2) is 0 Å². The van der Waals surface area contributed by atoms with Crippen LogP contribution in [-0.2, 0) is 0 Å². The summed E-state index contributed by atoms with van der Waals surface area (Å²) in [6, 6.07) is 6.29. The van der Waals surface area contributed by atoms with Crippen molar-refractivity contribution < 1.29 is 4.74 Å². The van der Waals surface area contributed by atoms with Crippen LogP contribution in [0.4, 0.5) is 0 Å².